The SMILES string of the molecule is CC(C)CNC(=O)[C@@H](NC(=O)c1ccc2c(c1)OCO2)C1CCN(C(=O)NC(C)(C)C)CC1. The third-order valence-corrected chi connectivity index (χ3v) is 5.67. The zero-order valence-corrected chi connectivity index (χ0v) is 20.2. The van der Waals surface area contributed by atoms with E-state index < -0.39 is 6.04 Å². The Kier molecular flexibility index (Phi) is 7.71. The molecular formula is C24H36N4O5. The van der Waals surface area contributed by atoms with E-state index in [0.29, 0.717) is 55.5 Å². The first kappa shape index (κ1) is 24.7. The lowest BCUT2D eigenvalue weighted by Gasteiger charge is -2.37. The summed E-state index contributed by atoms with van der Waals surface area (Å²) in [4.78, 5) is 40.3. The van der Waals surface area contributed by atoms with E-state index in [1.807, 2.05) is 34.6 Å². The fourth-order valence-electron chi connectivity index (χ4n) is 3.91. The fraction of sp³-hybridized carbons (Fsp3) is 0.625. The first-order valence-electron chi connectivity index (χ1n) is 11.6. The van der Waals surface area contributed by atoms with Gasteiger partial charge in [0.15, 0.2) is 11.5 Å². The molecule has 0 spiro atoms. The second-order valence-corrected chi connectivity index (χ2v) is 10.2. The van der Waals surface area contributed by atoms with Crippen LogP contribution in [-0.4, -0.2) is 60.8 Å². The van der Waals surface area contributed by atoms with E-state index in [1.165, 1.54) is 0 Å². The molecule has 4 amide bonds. The van der Waals surface area contributed by atoms with E-state index in [9.17, 15) is 14.4 Å². The van der Waals surface area contributed by atoms with Crippen molar-refractivity contribution >= 4 is 17.8 Å². The van der Waals surface area contributed by atoms with Gasteiger partial charge in [0.1, 0.15) is 6.04 Å². The zero-order chi connectivity index (χ0) is 24.2. The summed E-state index contributed by atoms with van der Waals surface area (Å²) in [6.07, 6.45) is 1.25. The van der Waals surface area contributed by atoms with Gasteiger partial charge in [0.05, 0.1) is 0 Å². The Morgan fingerprint density at radius 3 is 2.39 bits per heavy atom. The van der Waals surface area contributed by atoms with Crippen molar-refractivity contribution in [2.45, 2.75) is 59.0 Å². The monoisotopic (exact) mass is 460 g/mol. The van der Waals surface area contributed by atoms with Gasteiger partial charge in [-0.3, -0.25) is 9.59 Å². The normalized spacial score (nSPS) is 17.0. The molecule has 3 N–H and O–H groups in total. The Morgan fingerprint density at radius 2 is 1.76 bits per heavy atom. The Labute approximate surface area is 195 Å². The number of piperidine rings is 1. The van der Waals surface area contributed by atoms with Crippen molar-refractivity contribution < 1.29 is 23.9 Å². The second kappa shape index (κ2) is 10.3. The molecule has 1 fully saturated rings. The number of urea groups is 1. The maximum atomic E-state index is 13.0. The van der Waals surface area contributed by atoms with Crippen LogP contribution in [0.2, 0.25) is 0 Å². The maximum Gasteiger partial charge on any atom is 0.317 e. The predicted molar refractivity (Wildman–Crippen MR) is 124 cm³/mol. The number of carbonyl (C=O) groups is 3. The third kappa shape index (κ3) is 6.76. The third-order valence-electron chi connectivity index (χ3n) is 5.67. The predicted octanol–water partition coefficient (Wildman–Crippen LogP) is 2.51. The molecule has 0 radical (unpaired) electrons. The molecule has 0 aromatic heterocycles. The number of nitrogens with zero attached hydrogens (tertiary/aromatic N) is 1. The van der Waals surface area contributed by atoms with Gasteiger partial charge in [-0.1, -0.05) is 13.8 Å². The fourth-order valence-corrected chi connectivity index (χ4v) is 3.91. The number of rotatable bonds is 6. The highest BCUT2D eigenvalue weighted by Gasteiger charge is 2.34. The standard InChI is InChI=1S/C24H36N4O5/c1-15(2)13-25-22(30)20(16-8-10-28(11-9-16)23(31)27-24(3,4)5)26-21(29)17-6-7-18-19(12-17)33-14-32-18/h6-7,12,15-16,20H,8-11,13-14H2,1-5H3,(H,25,30)(H,26,29)(H,27,31)/t20-/m0/s1. The van der Waals surface area contributed by atoms with Gasteiger partial charge in [-0.2, -0.15) is 0 Å². The number of hydrogen-bond acceptors (Lipinski definition) is 5. The van der Waals surface area contributed by atoms with Crippen molar-refractivity contribution in [1.29, 1.82) is 0 Å². The van der Waals surface area contributed by atoms with Crippen molar-refractivity contribution in [2.75, 3.05) is 26.4 Å². The molecule has 1 aromatic carbocycles. The van der Waals surface area contributed by atoms with Gasteiger partial charge >= 0.3 is 6.03 Å². The first-order valence-corrected chi connectivity index (χ1v) is 11.6. The van der Waals surface area contributed by atoms with E-state index in [4.69, 9.17) is 9.47 Å². The second-order valence-electron chi connectivity index (χ2n) is 10.2. The highest BCUT2D eigenvalue weighted by Crippen LogP contribution is 2.32. The van der Waals surface area contributed by atoms with Crippen LogP contribution < -0.4 is 25.4 Å². The Bertz CT molecular complexity index is 872. The van der Waals surface area contributed by atoms with Crippen LogP contribution in [0.5, 0.6) is 11.5 Å². The van der Waals surface area contributed by atoms with Crippen LogP contribution in [0.1, 0.15) is 57.8 Å². The van der Waals surface area contributed by atoms with Gasteiger partial charge in [0.25, 0.3) is 5.91 Å². The van der Waals surface area contributed by atoms with Crippen molar-refractivity contribution in [3.63, 3.8) is 0 Å². The molecule has 9 heteroatoms. The largest absolute Gasteiger partial charge is 0.454 e. The molecule has 9 nitrogen and oxygen atoms in total. The number of ether oxygens (including phenoxy) is 2. The molecule has 2 aliphatic heterocycles. The number of fused-ring (bicyclic) bond motifs is 1. The van der Waals surface area contributed by atoms with Crippen LogP contribution in [0, 0.1) is 11.8 Å². The molecule has 33 heavy (non-hydrogen) atoms. The highest BCUT2D eigenvalue weighted by atomic mass is 16.7. The molecule has 1 saturated heterocycles. The molecule has 2 aliphatic rings. The quantitative estimate of drug-likeness (QED) is 0.604. The average molecular weight is 461 g/mol. The van der Waals surface area contributed by atoms with E-state index in [1.54, 1.807) is 23.1 Å². The summed E-state index contributed by atoms with van der Waals surface area (Å²) < 4.78 is 10.7. The summed E-state index contributed by atoms with van der Waals surface area (Å²) >= 11 is 0. The maximum absolute atomic E-state index is 13.0. The lowest BCUT2D eigenvalue weighted by Crippen LogP contribution is -2.56. The minimum atomic E-state index is -0.686. The van der Waals surface area contributed by atoms with Crippen LogP contribution >= 0.6 is 0 Å². The molecule has 1 aromatic rings. The lowest BCUT2D eigenvalue weighted by molar-refractivity contribution is -0.124. The Hall–Kier alpha value is -2.97. The summed E-state index contributed by atoms with van der Waals surface area (Å²) in [6, 6.07) is 4.18. The molecule has 0 saturated carbocycles. The van der Waals surface area contributed by atoms with Crippen molar-refractivity contribution in [1.82, 2.24) is 20.9 Å². The van der Waals surface area contributed by atoms with Crippen LogP contribution in [0.3, 0.4) is 0 Å². The lowest BCUT2D eigenvalue weighted by atomic mass is 9.88. The summed E-state index contributed by atoms with van der Waals surface area (Å²) in [5.41, 5.74) is 0.0918. The van der Waals surface area contributed by atoms with Crippen molar-refractivity contribution in [3.8, 4) is 11.5 Å². The van der Waals surface area contributed by atoms with E-state index in [2.05, 4.69) is 16.0 Å². The van der Waals surface area contributed by atoms with Gasteiger partial charge in [0, 0.05) is 30.7 Å². The minimum Gasteiger partial charge on any atom is -0.454 e. The van der Waals surface area contributed by atoms with Crippen LogP contribution in [0.4, 0.5) is 4.79 Å². The topological polar surface area (TPSA) is 109 Å². The number of amides is 4. The number of likely N-dealkylation sites (tertiary alicyclic amines) is 1. The Morgan fingerprint density at radius 1 is 1.09 bits per heavy atom. The van der Waals surface area contributed by atoms with Gasteiger partial charge in [-0.25, -0.2) is 4.79 Å². The van der Waals surface area contributed by atoms with Crippen LogP contribution in [-0.2, 0) is 4.79 Å². The van der Waals surface area contributed by atoms with Gasteiger partial charge in [0.2, 0.25) is 12.7 Å². The molecule has 1 atom stereocenters. The van der Waals surface area contributed by atoms with Gasteiger partial charge in [-0.15, -0.1) is 0 Å². The van der Waals surface area contributed by atoms with Crippen molar-refractivity contribution in [2.24, 2.45) is 11.8 Å². The number of carbonyl (C=O) groups excluding carboxylic acids is 3. The number of hydrogen-bond donors (Lipinski definition) is 3. The smallest absolute Gasteiger partial charge is 0.317 e. The van der Waals surface area contributed by atoms with Crippen LogP contribution in [0.25, 0.3) is 0 Å². The first-order chi connectivity index (χ1) is 15.5. The highest BCUT2D eigenvalue weighted by molar-refractivity contribution is 5.98. The van der Waals surface area contributed by atoms with Gasteiger partial charge < -0.3 is 30.3 Å². The molecular weight excluding hydrogens is 424 g/mol. The minimum absolute atomic E-state index is 0.0752. The van der Waals surface area contributed by atoms with Crippen LogP contribution in [0.15, 0.2) is 18.2 Å². The number of benzene rings is 1. The zero-order valence-electron chi connectivity index (χ0n) is 20.2. The molecule has 3 rings (SSSR count). The molecule has 0 unspecified atom stereocenters. The van der Waals surface area contributed by atoms with E-state index >= 15 is 0 Å². The average Bonchev–Trinajstić information content (AvgIpc) is 3.22. The summed E-state index contributed by atoms with van der Waals surface area (Å²) in [5.74, 6) is 0.789. The van der Waals surface area contributed by atoms with Gasteiger partial charge in [-0.05, 0) is 63.6 Å². The summed E-state index contributed by atoms with van der Waals surface area (Å²) in [5, 5.41) is 8.86. The molecule has 0 aliphatic carbocycles. The number of nitrogens with one attached hydrogen (secondary N) is 3. The molecule has 182 valence electrons. The van der Waals surface area contributed by atoms with Crippen molar-refractivity contribution in [3.05, 3.63) is 23.8 Å². The molecule has 0 bridgehead atoms. The molecule has 2 heterocycles. The van der Waals surface area contributed by atoms with E-state index in [-0.39, 0.29) is 36.1 Å². The summed E-state index contributed by atoms with van der Waals surface area (Å²) in [7, 11) is 0. The van der Waals surface area contributed by atoms with E-state index in [0.717, 1.165) is 0 Å². The summed E-state index contributed by atoms with van der Waals surface area (Å²) in [6.45, 7) is 11.6. The Balaban J connectivity index is 1.67.